The summed E-state index contributed by atoms with van der Waals surface area (Å²) in [6, 6.07) is 6.74. The van der Waals surface area contributed by atoms with Crippen LogP contribution in [0.5, 0.6) is 0 Å². The van der Waals surface area contributed by atoms with Crippen LogP contribution in [0.25, 0.3) is 0 Å². The molecular formula is C13H15NO3S. The standard InChI is InChI=1S/C13H15NO3S/c1-3-8-18-9-12(15)14-11-7-5-4-6-10(11)13(16)17-2/h3-7H,1,8-9H2,2H3,(H,14,15). The summed E-state index contributed by atoms with van der Waals surface area (Å²) in [6.45, 7) is 3.58. The van der Waals surface area contributed by atoms with E-state index in [0.29, 0.717) is 22.8 Å². The van der Waals surface area contributed by atoms with Crippen molar-refractivity contribution >= 4 is 29.3 Å². The van der Waals surface area contributed by atoms with Gasteiger partial charge in [0.25, 0.3) is 0 Å². The molecule has 0 saturated carbocycles. The Hall–Kier alpha value is -1.75. The molecule has 1 aromatic carbocycles. The average molecular weight is 265 g/mol. The number of carbonyl (C=O) groups excluding carboxylic acids is 2. The molecule has 0 aromatic heterocycles. The molecule has 1 rings (SSSR count). The number of esters is 1. The molecular weight excluding hydrogens is 250 g/mol. The van der Waals surface area contributed by atoms with Crippen LogP contribution in [0.1, 0.15) is 10.4 Å². The molecule has 0 aliphatic rings. The number of nitrogens with one attached hydrogen (secondary N) is 1. The molecule has 0 heterocycles. The number of para-hydroxylation sites is 1. The molecule has 1 N–H and O–H groups in total. The Balaban J connectivity index is 2.69. The van der Waals surface area contributed by atoms with Gasteiger partial charge in [0, 0.05) is 5.75 Å². The summed E-state index contributed by atoms with van der Waals surface area (Å²) in [5.41, 5.74) is 0.815. The van der Waals surface area contributed by atoms with E-state index in [1.807, 2.05) is 0 Å². The number of ether oxygens (including phenoxy) is 1. The Morgan fingerprint density at radius 3 is 2.83 bits per heavy atom. The molecule has 0 unspecified atom stereocenters. The largest absolute Gasteiger partial charge is 0.465 e. The molecule has 96 valence electrons. The topological polar surface area (TPSA) is 55.4 Å². The average Bonchev–Trinajstić information content (AvgIpc) is 2.39. The van der Waals surface area contributed by atoms with Gasteiger partial charge in [0.05, 0.1) is 24.1 Å². The summed E-state index contributed by atoms with van der Waals surface area (Å²) in [5.74, 6) is 0.413. The zero-order valence-corrected chi connectivity index (χ0v) is 11.0. The minimum absolute atomic E-state index is 0.154. The van der Waals surface area contributed by atoms with Crippen LogP contribution in [-0.2, 0) is 9.53 Å². The zero-order chi connectivity index (χ0) is 13.4. The molecule has 1 amide bonds. The summed E-state index contributed by atoms with van der Waals surface area (Å²) in [5, 5.41) is 2.69. The molecule has 0 aliphatic heterocycles. The van der Waals surface area contributed by atoms with E-state index in [-0.39, 0.29) is 5.91 Å². The highest BCUT2D eigenvalue weighted by molar-refractivity contribution is 8.00. The van der Waals surface area contributed by atoms with Gasteiger partial charge in [0.15, 0.2) is 0 Å². The normalized spacial score (nSPS) is 9.61. The molecule has 0 radical (unpaired) electrons. The van der Waals surface area contributed by atoms with Gasteiger partial charge in [0.2, 0.25) is 5.91 Å². The number of hydrogen-bond donors (Lipinski definition) is 1. The van der Waals surface area contributed by atoms with Gasteiger partial charge >= 0.3 is 5.97 Å². The molecule has 0 fully saturated rings. The van der Waals surface area contributed by atoms with Gasteiger partial charge < -0.3 is 10.1 Å². The third-order valence-electron chi connectivity index (χ3n) is 2.08. The van der Waals surface area contributed by atoms with Crippen molar-refractivity contribution < 1.29 is 14.3 Å². The predicted octanol–water partition coefficient (Wildman–Crippen LogP) is 2.33. The molecule has 0 spiro atoms. The van der Waals surface area contributed by atoms with Gasteiger partial charge in [0.1, 0.15) is 0 Å². The van der Waals surface area contributed by atoms with E-state index in [1.54, 1.807) is 30.3 Å². The fraction of sp³-hybridized carbons (Fsp3) is 0.231. The second-order valence-corrected chi connectivity index (χ2v) is 4.42. The van der Waals surface area contributed by atoms with E-state index < -0.39 is 5.97 Å². The van der Waals surface area contributed by atoms with Gasteiger partial charge in [-0.3, -0.25) is 4.79 Å². The lowest BCUT2D eigenvalue weighted by atomic mass is 10.2. The number of methoxy groups -OCH3 is 1. The van der Waals surface area contributed by atoms with Crippen LogP contribution in [0.4, 0.5) is 5.69 Å². The minimum atomic E-state index is -0.468. The monoisotopic (exact) mass is 265 g/mol. The highest BCUT2D eigenvalue weighted by Gasteiger charge is 2.12. The number of thioether (sulfide) groups is 1. The number of amides is 1. The van der Waals surface area contributed by atoms with Crippen LogP contribution in [0, 0.1) is 0 Å². The number of hydrogen-bond acceptors (Lipinski definition) is 4. The van der Waals surface area contributed by atoms with Crippen molar-refractivity contribution in [2.75, 3.05) is 23.9 Å². The summed E-state index contributed by atoms with van der Waals surface area (Å²) >= 11 is 1.45. The summed E-state index contributed by atoms with van der Waals surface area (Å²) < 4.78 is 4.65. The van der Waals surface area contributed by atoms with Crippen molar-refractivity contribution in [1.29, 1.82) is 0 Å². The van der Waals surface area contributed by atoms with E-state index in [9.17, 15) is 9.59 Å². The Kier molecular flexibility index (Phi) is 6.00. The first-order valence-electron chi connectivity index (χ1n) is 5.35. The number of anilines is 1. The zero-order valence-electron chi connectivity index (χ0n) is 10.1. The first-order chi connectivity index (χ1) is 8.69. The van der Waals surface area contributed by atoms with Crippen LogP contribution in [0.3, 0.4) is 0 Å². The summed E-state index contributed by atoms with van der Waals surface area (Å²) in [6.07, 6.45) is 1.74. The van der Waals surface area contributed by atoms with Crippen LogP contribution in [0.15, 0.2) is 36.9 Å². The van der Waals surface area contributed by atoms with Crippen LogP contribution < -0.4 is 5.32 Å². The Bertz CT molecular complexity index is 446. The first kappa shape index (κ1) is 14.3. The molecule has 5 heteroatoms. The predicted molar refractivity (Wildman–Crippen MR) is 73.9 cm³/mol. The van der Waals surface area contributed by atoms with Gasteiger partial charge in [-0.25, -0.2) is 4.79 Å². The van der Waals surface area contributed by atoms with E-state index in [1.165, 1.54) is 18.9 Å². The lowest BCUT2D eigenvalue weighted by molar-refractivity contribution is -0.113. The maximum Gasteiger partial charge on any atom is 0.339 e. The number of rotatable bonds is 6. The molecule has 0 bridgehead atoms. The maximum absolute atomic E-state index is 11.6. The molecule has 18 heavy (non-hydrogen) atoms. The summed E-state index contributed by atoms with van der Waals surface area (Å²) in [4.78, 5) is 23.1. The number of carbonyl (C=O) groups is 2. The molecule has 0 atom stereocenters. The van der Waals surface area contributed by atoms with E-state index in [2.05, 4.69) is 16.6 Å². The molecule has 4 nitrogen and oxygen atoms in total. The molecule has 1 aromatic rings. The van der Waals surface area contributed by atoms with E-state index >= 15 is 0 Å². The van der Waals surface area contributed by atoms with Crippen LogP contribution in [0.2, 0.25) is 0 Å². The van der Waals surface area contributed by atoms with Crippen molar-refractivity contribution in [3.8, 4) is 0 Å². The van der Waals surface area contributed by atoms with E-state index in [0.717, 1.165) is 0 Å². The fourth-order valence-electron chi connectivity index (χ4n) is 1.30. The second-order valence-electron chi connectivity index (χ2n) is 3.39. The van der Waals surface area contributed by atoms with Gasteiger partial charge in [-0.2, -0.15) is 0 Å². The smallest absolute Gasteiger partial charge is 0.339 e. The maximum atomic E-state index is 11.6. The van der Waals surface area contributed by atoms with Crippen LogP contribution in [-0.4, -0.2) is 30.5 Å². The molecule has 0 saturated heterocycles. The third kappa shape index (κ3) is 4.25. The Morgan fingerprint density at radius 2 is 2.17 bits per heavy atom. The van der Waals surface area contributed by atoms with Gasteiger partial charge in [-0.1, -0.05) is 18.2 Å². The number of benzene rings is 1. The quantitative estimate of drug-likeness (QED) is 0.487. The van der Waals surface area contributed by atoms with Crippen molar-refractivity contribution in [2.24, 2.45) is 0 Å². The van der Waals surface area contributed by atoms with E-state index in [4.69, 9.17) is 0 Å². The fourth-order valence-corrected chi connectivity index (χ4v) is 1.84. The summed E-state index contributed by atoms with van der Waals surface area (Å²) in [7, 11) is 1.31. The minimum Gasteiger partial charge on any atom is -0.465 e. The molecule has 0 aliphatic carbocycles. The second kappa shape index (κ2) is 7.55. The Labute approximate surface area is 110 Å². The van der Waals surface area contributed by atoms with Crippen molar-refractivity contribution in [1.82, 2.24) is 0 Å². The van der Waals surface area contributed by atoms with Crippen molar-refractivity contribution in [2.45, 2.75) is 0 Å². The Morgan fingerprint density at radius 1 is 1.44 bits per heavy atom. The van der Waals surface area contributed by atoms with Crippen molar-refractivity contribution in [3.63, 3.8) is 0 Å². The highest BCUT2D eigenvalue weighted by Crippen LogP contribution is 2.16. The van der Waals surface area contributed by atoms with Gasteiger partial charge in [-0.15, -0.1) is 18.3 Å². The van der Waals surface area contributed by atoms with Gasteiger partial charge in [-0.05, 0) is 12.1 Å². The SMILES string of the molecule is C=CCSCC(=O)Nc1ccccc1C(=O)OC. The van der Waals surface area contributed by atoms with Crippen LogP contribution >= 0.6 is 11.8 Å². The highest BCUT2D eigenvalue weighted by atomic mass is 32.2. The first-order valence-corrected chi connectivity index (χ1v) is 6.50. The third-order valence-corrected chi connectivity index (χ3v) is 3.01. The van der Waals surface area contributed by atoms with Crippen molar-refractivity contribution in [3.05, 3.63) is 42.5 Å². The lowest BCUT2D eigenvalue weighted by Crippen LogP contribution is -2.17. The lowest BCUT2D eigenvalue weighted by Gasteiger charge is -2.09.